The summed E-state index contributed by atoms with van der Waals surface area (Å²) < 4.78 is 5.58. The Morgan fingerprint density at radius 1 is 1.33 bits per heavy atom. The minimum Gasteiger partial charge on any atom is -0.480 e. The standard InChI is InChI=1S/C16H15NO4/c18-15(17-9-3-5-13(17)16(19)20)8-7-12-10-11-4-1-2-6-14(11)21-12/h1-2,4,6-8,10,13H,3,5,9H2,(H,19,20)/b8-7+/t13-/m1/s1. The summed E-state index contributed by atoms with van der Waals surface area (Å²) in [5, 5.41) is 10.0. The molecule has 0 aliphatic carbocycles. The van der Waals surface area contributed by atoms with Gasteiger partial charge < -0.3 is 14.4 Å². The van der Waals surface area contributed by atoms with Gasteiger partial charge in [-0.25, -0.2) is 4.79 Å². The maximum atomic E-state index is 12.1. The first-order valence-corrected chi connectivity index (χ1v) is 6.85. The monoisotopic (exact) mass is 285 g/mol. The van der Waals surface area contributed by atoms with Crippen LogP contribution in [0.15, 0.2) is 40.8 Å². The predicted octanol–water partition coefficient (Wildman–Crippen LogP) is 2.52. The molecule has 0 unspecified atom stereocenters. The largest absolute Gasteiger partial charge is 0.480 e. The van der Waals surface area contributed by atoms with Crippen LogP contribution in [0.25, 0.3) is 17.0 Å². The number of carbonyl (C=O) groups is 2. The number of benzene rings is 1. The highest BCUT2D eigenvalue weighted by molar-refractivity contribution is 5.95. The number of nitrogens with zero attached hydrogens (tertiary/aromatic N) is 1. The number of likely N-dealkylation sites (tertiary alicyclic amines) is 1. The van der Waals surface area contributed by atoms with Gasteiger partial charge in [0.2, 0.25) is 5.91 Å². The molecule has 1 aromatic heterocycles. The zero-order valence-corrected chi connectivity index (χ0v) is 11.4. The number of hydrogen-bond acceptors (Lipinski definition) is 3. The molecule has 1 aliphatic heterocycles. The summed E-state index contributed by atoms with van der Waals surface area (Å²) in [5.41, 5.74) is 0.759. The average molecular weight is 285 g/mol. The van der Waals surface area contributed by atoms with Crippen LogP contribution in [0.4, 0.5) is 0 Å². The molecule has 2 aromatic rings. The number of carboxylic acid groups (broad SMARTS) is 1. The van der Waals surface area contributed by atoms with Crippen molar-refractivity contribution in [1.82, 2.24) is 4.90 Å². The Bertz CT molecular complexity index is 683. The zero-order valence-electron chi connectivity index (χ0n) is 11.4. The van der Waals surface area contributed by atoms with E-state index in [0.717, 1.165) is 17.4 Å². The first-order valence-electron chi connectivity index (χ1n) is 6.85. The van der Waals surface area contributed by atoms with Gasteiger partial charge in [-0.1, -0.05) is 18.2 Å². The van der Waals surface area contributed by atoms with Gasteiger partial charge >= 0.3 is 5.97 Å². The van der Waals surface area contributed by atoms with Crippen LogP contribution >= 0.6 is 0 Å². The molecule has 0 radical (unpaired) electrons. The second-order valence-electron chi connectivity index (χ2n) is 5.05. The van der Waals surface area contributed by atoms with Crippen LogP contribution in [0, 0.1) is 0 Å². The third-order valence-corrected chi connectivity index (χ3v) is 3.66. The van der Waals surface area contributed by atoms with Crippen molar-refractivity contribution < 1.29 is 19.1 Å². The van der Waals surface area contributed by atoms with Crippen molar-refractivity contribution in [2.24, 2.45) is 0 Å². The van der Waals surface area contributed by atoms with E-state index in [-0.39, 0.29) is 5.91 Å². The van der Waals surface area contributed by atoms with Gasteiger partial charge in [0, 0.05) is 18.0 Å². The number of hydrogen-bond donors (Lipinski definition) is 1. The Morgan fingerprint density at radius 3 is 2.90 bits per heavy atom. The average Bonchev–Trinajstić information content (AvgIpc) is 3.10. The fourth-order valence-corrected chi connectivity index (χ4v) is 2.62. The van der Waals surface area contributed by atoms with Crippen LogP contribution < -0.4 is 0 Å². The molecule has 1 atom stereocenters. The number of rotatable bonds is 3. The first kappa shape index (κ1) is 13.4. The second-order valence-corrected chi connectivity index (χ2v) is 5.05. The molecule has 0 bridgehead atoms. The van der Waals surface area contributed by atoms with Crippen molar-refractivity contribution >= 4 is 28.9 Å². The molecule has 1 aliphatic rings. The summed E-state index contributed by atoms with van der Waals surface area (Å²) in [6.45, 7) is 0.486. The highest BCUT2D eigenvalue weighted by Gasteiger charge is 2.32. The van der Waals surface area contributed by atoms with Crippen molar-refractivity contribution in [3.05, 3.63) is 42.2 Å². The highest BCUT2D eigenvalue weighted by Crippen LogP contribution is 2.21. The Balaban J connectivity index is 1.76. The quantitative estimate of drug-likeness (QED) is 0.880. The summed E-state index contributed by atoms with van der Waals surface area (Å²) in [4.78, 5) is 24.5. The van der Waals surface area contributed by atoms with Crippen LogP contribution in [0.5, 0.6) is 0 Å². The topological polar surface area (TPSA) is 70.8 Å². The van der Waals surface area contributed by atoms with E-state index in [4.69, 9.17) is 9.52 Å². The predicted molar refractivity (Wildman–Crippen MR) is 77.6 cm³/mol. The maximum Gasteiger partial charge on any atom is 0.326 e. The van der Waals surface area contributed by atoms with E-state index in [9.17, 15) is 9.59 Å². The Labute approximate surface area is 121 Å². The summed E-state index contributed by atoms with van der Waals surface area (Å²) >= 11 is 0. The summed E-state index contributed by atoms with van der Waals surface area (Å²) in [7, 11) is 0. The Kier molecular flexibility index (Phi) is 3.48. The SMILES string of the molecule is O=C(O)[C@H]1CCCN1C(=O)/C=C/c1cc2ccccc2o1. The van der Waals surface area contributed by atoms with Crippen LogP contribution in [0.3, 0.4) is 0 Å². The Morgan fingerprint density at radius 2 is 2.14 bits per heavy atom. The number of para-hydroxylation sites is 1. The lowest BCUT2D eigenvalue weighted by atomic mass is 10.2. The van der Waals surface area contributed by atoms with E-state index in [0.29, 0.717) is 18.7 Å². The van der Waals surface area contributed by atoms with Gasteiger partial charge in [0.1, 0.15) is 17.4 Å². The fraction of sp³-hybridized carbons (Fsp3) is 0.250. The van der Waals surface area contributed by atoms with Gasteiger partial charge in [0.05, 0.1) is 0 Å². The lowest BCUT2D eigenvalue weighted by molar-refractivity contribution is -0.146. The number of fused-ring (bicyclic) bond motifs is 1. The third-order valence-electron chi connectivity index (χ3n) is 3.66. The molecular formula is C16H15NO4. The highest BCUT2D eigenvalue weighted by atomic mass is 16.4. The van der Waals surface area contributed by atoms with Crippen LogP contribution in [0.1, 0.15) is 18.6 Å². The van der Waals surface area contributed by atoms with Gasteiger partial charge in [0.15, 0.2) is 0 Å². The molecular weight excluding hydrogens is 270 g/mol. The summed E-state index contributed by atoms with van der Waals surface area (Å²) in [6.07, 6.45) is 4.19. The van der Waals surface area contributed by atoms with Gasteiger partial charge in [-0.2, -0.15) is 0 Å². The van der Waals surface area contributed by atoms with E-state index >= 15 is 0 Å². The molecule has 5 heteroatoms. The molecule has 108 valence electrons. The Hall–Kier alpha value is -2.56. The summed E-state index contributed by atoms with van der Waals surface area (Å²) in [5.74, 6) is -0.658. The smallest absolute Gasteiger partial charge is 0.326 e. The second kappa shape index (κ2) is 5.44. The molecule has 3 rings (SSSR count). The van der Waals surface area contributed by atoms with Gasteiger partial charge in [-0.05, 0) is 31.1 Å². The van der Waals surface area contributed by atoms with E-state index in [1.54, 1.807) is 6.08 Å². The number of carboxylic acids is 1. The molecule has 2 heterocycles. The van der Waals surface area contributed by atoms with Crippen molar-refractivity contribution in [2.75, 3.05) is 6.54 Å². The normalized spacial score (nSPS) is 18.7. The molecule has 0 spiro atoms. The number of aliphatic carboxylic acids is 1. The summed E-state index contributed by atoms with van der Waals surface area (Å²) in [6, 6.07) is 8.72. The van der Waals surface area contributed by atoms with E-state index < -0.39 is 12.0 Å². The number of amides is 1. The first-order chi connectivity index (χ1) is 10.1. The lowest BCUT2D eigenvalue weighted by Crippen LogP contribution is -2.39. The van der Waals surface area contributed by atoms with Crippen LogP contribution in [0.2, 0.25) is 0 Å². The number of carbonyl (C=O) groups excluding carboxylic acids is 1. The molecule has 0 saturated carbocycles. The van der Waals surface area contributed by atoms with E-state index in [2.05, 4.69) is 0 Å². The number of furan rings is 1. The lowest BCUT2D eigenvalue weighted by Gasteiger charge is -2.19. The molecule has 1 saturated heterocycles. The fourth-order valence-electron chi connectivity index (χ4n) is 2.62. The molecule has 1 fully saturated rings. The van der Waals surface area contributed by atoms with Crippen molar-refractivity contribution in [1.29, 1.82) is 0 Å². The van der Waals surface area contributed by atoms with Gasteiger partial charge in [-0.3, -0.25) is 4.79 Å². The minimum absolute atomic E-state index is 0.291. The molecule has 1 amide bonds. The van der Waals surface area contributed by atoms with Crippen LogP contribution in [-0.2, 0) is 9.59 Å². The van der Waals surface area contributed by atoms with Crippen molar-refractivity contribution in [3.8, 4) is 0 Å². The molecule has 1 aromatic carbocycles. The minimum atomic E-state index is -0.946. The third kappa shape index (κ3) is 2.67. The van der Waals surface area contributed by atoms with Crippen molar-refractivity contribution in [2.45, 2.75) is 18.9 Å². The van der Waals surface area contributed by atoms with Gasteiger partial charge in [0.25, 0.3) is 0 Å². The van der Waals surface area contributed by atoms with E-state index in [1.807, 2.05) is 30.3 Å². The molecule has 5 nitrogen and oxygen atoms in total. The van der Waals surface area contributed by atoms with Crippen molar-refractivity contribution in [3.63, 3.8) is 0 Å². The van der Waals surface area contributed by atoms with Crippen LogP contribution in [-0.4, -0.2) is 34.5 Å². The maximum absolute atomic E-state index is 12.1. The van der Waals surface area contributed by atoms with E-state index in [1.165, 1.54) is 11.0 Å². The van der Waals surface area contributed by atoms with Gasteiger partial charge in [-0.15, -0.1) is 0 Å². The molecule has 21 heavy (non-hydrogen) atoms. The molecule has 1 N–H and O–H groups in total. The zero-order chi connectivity index (χ0) is 14.8.